The fourth-order valence-electron chi connectivity index (χ4n) is 2.67. The van der Waals surface area contributed by atoms with Gasteiger partial charge in [-0.05, 0) is 37.6 Å². The first-order valence-electron chi connectivity index (χ1n) is 6.57. The number of fused-ring (bicyclic) bond motifs is 1. The second-order valence-corrected chi connectivity index (χ2v) is 4.85. The number of aromatic nitrogens is 2. The van der Waals surface area contributed by atoms with Crippen molar-refractivity contribution in [3.63, 3.8) is 0 Å². The Bertz CT molecular complexity index is 529. The second-order valence-electron chi connectivity index (χ2n) is 4.85. The summed E-state index contributed by atoms with van der Waals surface area (Å²) in [6, 6.07) is 4.14. The molecule has 4 nitrogen and oxygen atoms in total. The molecular weight excluding hydrogens is 226 g/mol. The Morgan fingerprint density at radius 2 is 2.50 bits per heavy atom. The van der Waals surface area contributed by atoms with E-state index in [0.717, 1.165) is 31.8 Å². The van der Waals surface area contributed by atoms with Gasteiger partial charge in [-0.2, -0.15) is 0 Å². The quantitative estimate of drug-likeness (QED) is 0.894. The van der Waals surface area contributed by atoms with Crippen LogP contribution in [0, 0.1) is 0 Å². The Hall–Kier alpha value is -1.39. The van der Waals surface area contributed by atoms with Crippen molar-refractivity contribution in [2.45, 2.75) is 32.0 Å². The summed E-state index contributed by atoms with van der Waals surface area (Å²) in [6.45, 7) is 2.69. The molecule has 0 aliphatic carbocycles. The molecule has 0 saturated carbocycles. The van der Waals surface area contributed by atoms with Crippen LogP contribution in [0.4, 0.5) is 0 Å². The molecule has 3 rings (SSSR count). The molecule has 18 heavy (non-hydrogen) atoms. The Morgan fingerprint density at radius 1 is 1.56 bits per heavy atom. The molecule has 96 valence electrons. The number of nitrogens with one attached hydrogen (secondary N) is 1. The lowest BCUT2D eigenvalue weighted by Gasteiger charge is -2.10. The predicted octanol–water partition coefficient (Wildman–Crippen LogP) is 1.93. The van der Waals surface area contributed by atoms with Gasteiger partial charge in [0.05, 0.1) is 12.6 Å². The summed E-state index contributed by atoms with van der Waals surface area (Å²) in [5.41, 5.74) is 2.37. The number of rotatable bonds is 4. The van der Waals surface area contributed by atoms with Crippen LogP contribution in [0.15, 0.2) is 24.5 Å². The van der Waals surface area contributed by atoms with Crippen LogP contribution in [0.25, 0.3) is 11.0 Å². The predicted molar refractivity (Wildman–Crippen MR) is 71.5 cm³/mol. The van der Waals surface area contributed by atoms with Crippen molar-refractivity contribution in [2.75, 3.05) is 13.7 Å². The van der Waals surface area contributed by atoms with Crippen molar-refractivity contribution in [1.29, 1.82) is 0 Å². The fourth-order valence-corrected chi connectivity index (χ4v) is 2.67. The highest BCUT2D eigenvalue weighted by Crippen LogP contribution is 2.22. The van der Waals surface area contributed by atoms with Crippen molar-refractivity contribution in [2.24, 2.45) is 0 Å². The maximum absolute atomic E-state index is 5.71. The number of hydrogen-bond donors (Lipinski definition) is 1. The Kier molecular flexibility index (Phi) is 3.30. The average molecular weight is 245 g/mol. The lowest BCUT2D eigenvalue weighted by molar-refractivity contribution is 0.0979. The Balaban J connectivity index is 1.94. The van der Waals surface area contributed by atoms with Gasteiger partial charge in [0.15, 0.2) is 0 Å². The molecule has 2 aromatic rings. The minimum atomic E-state index is 0.352. The molecule has 3 heterocycles. The zero-order valence-electron chi connectivity index (χ0n) is 10.7. The Labute approximate surface area is 107 Å². The van der Waals surface area contributed by atoms with E-state index in [-0.39, 0.29) is 0 Å². The lowest BCUT2D eigenvalue weighted by Crippen LogP contribution is -2.14. The van der Waals surface area contributed by atoms with Crippen LogP contribution >= 0.6 is 0 Å². The molecule has 1 unspecified atom stereocenters. The maximum Gasteiger partial charge on any atom is 0.140 e. The third kappa shape index (κ3) is 2.13. The molecule has 1 fully saturated rings. The molecule has 0 radical (unpaired) electrons. The smallest absolute Gasteiger partial charge is 0.140 e. The van der Waals surface area contributed by atoms with Crippen LogP contribution in [0.2, 0.25) is 0 Å². The fraction of sp³-hybridized carbons (Fsp3) is 0.500. The van der Waals surface area contributed by atoms with Gasteiger partial charge in [-0.25, -0.2) is 4.98 Å². The van der Waals surface area contributed by atoms with Crippen LogP contribution in [-0.4, -0.2) is 29.3 Å². The van der Waals surface area contributed by atoms with Crippen molar-refractivity contribution >= 4 is 11.0 Å². The SMILES string of the molecule is CNCc1cn(CC2CCCO2)c2ncccc12. The van der Waals surface area contributed by atoms with E-state index in [0.29, 0.717) is 6.10 Å². The van der Waals surface area contributed by atoms with Gasteiger partial charge >= 0.3 is 0 Å². The summed E-state index contributed by atoms with van der Waals surface area (Å²) in [6.07, 6.45) is 6.76. The average Bonchev–Trinajstić information content (AvgIpc) is 3.00. The number of pyridine rings is 1. The molecule has 1 aliphatic heterocycles. The molecule has 4 heteroatoms. The molecule has 0 aromatic carbocycles. The first-order valence-corrected chi connectivity index (χ1v) is 6.57. The third-order valence-corrected chi connectivity index (χ3v) is 3.51. The van der Waals surface area contributed by atoms with Gasteiger partial charge in [0.1, 0.15) is 5.65 Å². The summed E-state index contributed by atoms with van der Waals surface area (Å²) >= 11 is 0. The van der Waals surface area contributed by atoms with E-state index in [2.05, 4.69) is 27.1 Å². The van der Waals surface area contributed by atoms with E-state index in [1.807, 2.05) is 19.3 Å². The zero-order chi connectivity index (χ0) is 12.4. The first kappa shape index (κ1) is 11.7. The van der Waals surface area contributed by atoms with E-state index >= 15 is 0 Å². The van der Waals surface area contributed by atoms with E-state index in [4.69, 9.17) is 4.74 Å². The van der Waals surface area contributed by atoms with Crippen LogP contribution in [0.5, 0.6) is 0 Å². The van der Waals surface area contributed by atoms with E-state index in [9.17, 15) is 0 Å². The van der Waals surface area contributed by atoms with E-state index in [1.54, 1.807) is 0 Å². The molecule has 1 N–H and O–H groups in total. The molecule has 0 spiro atoms. The van der Waals surface area contributed by atoms with Gasteiger partial charge in [-0.3, -0.25) is 0 Å². The van der Waals surface area contributed by atoms with Crippen LogP contribution in [-0.2, 0) is 17.8 Å². The highest BCUT2D eigenvalue weighted by atomic mass is 16.5. The molecule has 0 amide bonds. The molecule has 1 aliphatic rings. The minimum Gasteiger partial charge on any atom is -0.376 e. The minimum absolute atomic E-state index is 0.352. The Morgan fingerprint density at radius 3 is 3.28 bits per heavy atom. The largest absolute Gasteiger partial charge is 0.376 e. The van der Waals surface area contributed by atoms with Crippen molar-refractivity contribution < 1.29 is 4.74 Å². The summed E-state index contributed by atoms with van der Waals surface area (Å²) in [7, 11) is 1.97. The van der Waals surface area contributed by atoms with E-state index < -0.39 is 0 Å². The second kappa shape index (κ2) is 5.08. The molecule has 1 saturated heterocycles. The number of hydrogen-bond acceptors (Lipinski definition) is 3. The summed E-state index contributed by atoms with van der Waals surface area (Å²) in [4.78, 5) is 4.51. The van der Waals surface area contributed by atoms with Gasteiger partial charge in [0.2, 0.25) is 0 Å². The highest BCUT2D eigenvalue weighted by molar-refractivity contribution is 5.80. The monoisotopic (exact) mass is 245 g/mol. The number of ether oxygens (including phenoxy) is 1. The maximum atomic E-state index is 5.71. The molecule has 1 atom stereocenters. The van der Waals surface area contributed by atoms with Gasteiger partial charge < -0.3 is 14.6 Å². The zero-order valence-corrected chi connectivity index (χ0v) is 10.7. The molecule has 2 aromatic heterocycles. The molecule has 0 bridgehead atoms. The van der Waals surface area contributed by atoms with Crippen LogP contribution < -0.4 is 5.32 Å². The highest BCUT2D eigenvalue weighted by Gasteiger charge is 2.18. The normalized spacial score (nSPS) is 19.7. The van der Waals surface area contributed by atoms with Crippen LogP contribution in [0.3, 0.4) is 0 Å². The van der Waals surface area contributed by atoms with Crippen molar-refractivity contribution in [3.05, 3.63) is 30.1 Å². The van der Waals surface area contributed by atoms with Gasteiger partial charge in [-0.15, -0.1) is 0 Å². The van der Waals surface area contributed by atoms with Gasteiger partial charge in [0, 0.05) is 30.9 Å². The summed E-state index contributed by atoms with van der Waals surface area (Å²) in [5, 5.41) is 4.45. The number of nitrogens with zero attached hydrogens (tertiary/aromatic N) is 2. The molecular formula is C14H19N3O. The lowest BCUT2D eigenvalue weighted by atomic mass is 10.2. The van der Waals surface area contributed by atoms with Crippen molar-refractivity contribution in [1.82, 2.24) is 14.9 Å². The standard InChI is InChI=1S/C14H19N3O/c1-15-8-11-9-17(10-12-4-3-7-18-12)14-13(11)5-2-6-16-14/h2,5-6,9,12,15H,3-4,7-8,10H2,1H3. The summed E-state index contributed by atoms with van der Waals surface area (Å²) < 4.78 is 7.94. The van der Waals surface area contributed by atoms with E-state index in [1.165, 1.54) is 17.4 Å². The topological polar surface area (TPSA) is 39.1 Å². The van der Waals surface area contributed by atoms with Crippen LogP contribution in [0.1, 0.15) is 18.4 Å². The van der Waals surface area contributed by atoms with Crippen molar-refractivity contribution in [3.8, 4) is 0 Å². The summed E-state index contributed by atoms with van der Waals surface area (Å²) in [5.74, 6) is 0. The van der Waals surface area contributed by atoms with Gasteiger partial charge in [0.25, 0.3) is 0 Å². The van der Waals surface area contributed by atoms with Gasteiger partial charge in [-0.1, -0.05) is 0 Å². The third-order valence-electron chi connectivity index (χ3n) is 3.51. The first-order chi connectivity index (χ1) is 8.88.